The molecule has 1 saturated carbocycles. The number of nitrogens with one attached hydrogen (secondary N) is 1. The van der Waals surface area contributed by atoms with Crippen LogP contribution in [0.3, 0.4) is 0 Å². The Morgan fingerprint density at radius 2 is 2.04 bits per heavy atom. The molecule has 2 aromatic rings. The number of aromatic nitrogens is 3. The second-order valence-electron chi connectivity index (χ2n) is 7.03. The molecular weight excluding hydrogens is 388 g/mol. The largest absolute Gasteiger partial charge is 0.353 e. The number of nitrogens with zero attached hydrogens (tertiary/aromatic N) is 4. The van der Waals surface area contributed by atoms with Crippen molar-refractivity contribution in [1.29, 1.82) is 0 Å². The van der Waals surface area contributed by atoms with Crippen LogP contribution in [-0.4, -0.2) is 40.5 Å². The van der Waals surface area contributed by atoms with Gasteiger partial charge in [0.1, 0.15) is 0 Å². The summed E-state index contributed by atoms with van der Waals surface area (Å²) in [5.41, 5.74) is 0.658. The van der Waals surface area contributed by atoms with Crippen LogP contribution in [0.5, 0.6) is 0 Å². The number of halogens is 3. The van der Waals surface area contributed by atoms with E-state index in [0.717, 1.165) is 25.7 Å². The average Bonchev–Trinajstić information content (AvgIpc) is 3.12. The normalized spacial score (nSPS) is 23.1. The minimum Gasteiger partial charge on any atom is -0.353 e. The lowest BCUT2D eigenvalue weighted by Crippen LogP contribution is -2.28. The fourth-order valence-corrected chi connectivity index (χ4v) is 4.02. The molecule has 3 atom stereocenters. The number of fused-ring (bicyclic) bond motifs is 1. The Morgan fingerprint density at radius 3 is 2.75 bits per heavy atom. The lowest BCUT2D eigenvalue weighted by Gasteiger charge is -2.21. The van der Waals surface area contributed by atoms with Crippen molar-refractivity contribution in [2.24, 2.45) is 17.8 Å². The maximum atomic E-state index is 13.9. The number of anilines is 1. The second-order valence-corrected chi connectivity index (χ2v) is 7.37. The topological polar surface area (TPSA) is 71.0 Å². The zero-order chi connectivity index (χ0) is 19.7. The highest BCUT2D eigenvalue weighted by Crippen LogP contribution is 2.54. The number of amides is 1. The summed E-state index contributed by atoms with van der Waals surface area (Å²) in [4.78, 5) is 24.9. The van der Waals surface area contributed by atoms with Crippen molar-refractivity contribution in [1.82, 2.24) is 20.3 Å². The van der Waals surface area contributed by atoms with Gasteiger partial charge in [-0.15, -0.1) is 0 Å². The van der Waals surface area contributed by atoms with E-state index in [-0.39, 0.29) is 17.0 Å². The van der Waals surface area contributed by atoms with E-state index in [9.17, 15) is 13.6 Å². The first-order chi connectivity index (χ1) is 13.5. The highest BCUT2D eigenvalue weighted by molar-refractivity contribution is 6.28. The summed E-state index contributed by atoms with van der Waals surface area (Å²) in [6, 6.07) is 2.80. The molecule has 0 radical (unpaired) electrons. The monoisotopic (exact) mass is 405 g/mol. The zero-order valence-electron chi connectivity index (χ0n) is 14.9. The Kier molecular flexibility index (Phi) is 5.21. The molecule has 6 nitrogen and oxygen atoms in total. The molecule has 1 N–H and O–H groups in total. The summed E-state index contributed by atoms with van der Waals surface area (Å²) in [6.45, 7) is 2.06. The van der Waals surface area contributed by atoms with E-state index >= 15 is 0 Å². The van der Waals surface area contributed by atoms with Gasteiger partial charge in [0.2, 0.25) is 17.1 Å². The molecule has 9 heteroatoms. The van der Waals surface area contributed by atoms with Crippen LogP contribution < -0.4 is 10.2 Å². The van der Waals surface area contributed by atoms with Crippen LogP contribution in [0, 0.1) is 29.5 Å². The fraction of sp³-hybridized carbons (Fsp3) is 0.368. The SMILES string of the molecule is O=C(/C=C/c1ccc(F)nc1)NCCC1[C@H]2CN(c3nc(Cl)ncc3F)C[C@@H]12. The fourth-order valence-electron chi connectivity index (χ4n) is 3.89. The van der Waals surface area contributed by atoms with Gasteiger partial charge < -0.3 is 10.2 Å². The number of pyridine rings is 1. The Balaban J connectivity index is 1.19. The molecule has 0 bridgehead atoms. The summed E-state index contributed by atoms with van der Waals surface area (Å²) in [6.07, 6.45) is 6.34. The molecule has 4 rings (SSSR count). The Bertz CT molecular complexity index is 896. The van der Waals surface area contributed by atoms with Crippen LogP contribution in [-0.2, 0) is 4.79 Å². The quantitative estimate of drug-likeness (QED) is 0.454. The van der Waals surface area contributed by atoms with E-state index in [2.05, 4.69) is 20.3 Å². The molecule has 2 fully saturated rings. The average molecular weight is 406 g/mol. The first-order valence-electron chi connectivity index (χ1n) is 9.01. The van der Waals surface area contributed by atoms with Crippen molar-refractivity contribution >= 4 is 29.4 Å². The van der Waals surface area contributed by atoms with Gasteiger partial charge in [-0.2, -0.15) is 9.37 Å². The maximum Gasteiger partial charge on any atom is 0.244 e. The summed E-state index contributed by atoms with van der Waals surface area (Å²) in [5.74, 6) is 0.562. The van der Waals surface area contributed by atoms with E-state index in [1.54, 1.807) is 12.1 Å². The first kappa shape index (κ1) is 18.7. The van der Waals surface area contributed by atoms with Gasteiger partial charge in [-0.25, -0.2) is 14.4 Å². The minimum atomic E-state index is -0.555. The maximum absolute atomic E-state index is 13.9. The standard InChI is InChI=1S/C19H18ClF2N5O/c20-19-25-8-15(21)18(26-19)27-9-13-12(14(13)10-27)5-6-23-17(28)4-2-11-1-3-16(22)24-7-11/h1-4,7-8,12-14H,5-6,9-10H2,(H,23,28)/b4-2+/t12?,13-,14+. The Morgan fingerprint density at radius 1 is 1.25 bits per heavy atom. The van der Waals surface area contributed by atoms with Gasteiger partial charge >= 0.3 is 0 Å². The number of piperidine rings is 1. The predicted octanol–water partition coefficient (Wildman–Crippen LogP) is 2.71. The van der Waals surface area contributed by atoms with Crippen LogP contribution >= 0.6 is 11.6 Å². The summed E-state index contributed by atoms with van der Waals surface area (Å²) < 4.78 is 26.6. The van der Waals surface area contributed by atoms with E-state index in [4.69, 9.17) is 11.6 Å². The predicted molar refractivity (Wildman–Crippen MR) is 101 cm³/mol. The lowest BCUT2D eigenvalue weighted by atomic mass is 10.2. The number of carbonyl (C=O) groups excluding carboxylic acids is 1. The van der Waals surface area contributed by atoms with Crippen LogP contribution in [0.15, 0.2) is 30.6 Å². The Labute approximate surface area is 165 Å². The summed E-state index contributed by atoms with van der Waals surface area (Å²) in [7, 11) is 0. The van der Waals surface area contributed by atoms with Gasteiger partial charge in [-0.1, -0.05) is 0 Å². The molecule has 2 aromatic heterocycles. The molecule has 3 heterocycles. The van der Waals surface area contributed by atoms with E-state index < -0.39 is 11.8 Å². The third kappa shape index (κ3) is 4.11. The van der Waals surface area contributed by atoms with Gasteiger partial charge in [-0.05, 0) is 59.5 Å². The van der Waals surface area contributed by atoms with E-state index in [0.29, 0.717) is 29.9 Å². The van der Waals surface area contributed by atoms with Crippen LogP contribution in [0.2, 0.25) is 5.28 Å². The molecule has 1 aliphatic heterocycles. The first-order valence-corrected chi connectivity index (χ1v) is 9.39. The second kappa shape index (κ2) is 7.79. The molecule has 1 saturated heterocycles. The van der Waals surface area contributed by atoms with Crippen molar-refractivity contribution in [3.63, 3.8) is 0 Å². The molecule has 1 aliphatic carbocycles. The van der Waals surface area contributed by atoms with Gasteiger partial charge in [-0.3, -0.25) is 4.79 Å². The zero-order valence-corrected chi connectivity index (χ0v) is 15.6. The number of carbonyl (C=O) groups is 1. The van der Waals surface area contributed by atoms with Crippen molar-refractivity contribution in [3.8, 4) is 0 Å². The van der Waals surface area contributed by atoms with E-state index in [1.165, 1.54) is 18.3 Å². The molecule has 146 valence electrons. The molecule has 28 heavy (non-hydrogen) atoms. The highest BCUT2D eigenvalue weighted by Gasteiger charge is 2.55. The summed E-state index contributed by atoms with van der Waals surface area (Å²) in [5, 5.41) is 2.89. The van der Waals surface area contributed by atoms with Crippen molar-refractivity contribution in [3.05, 3.63) is 53.2 Å². The van der Waals surface area contributed by atoms with Gasteiger partial charge in [0.05, 0.1) is 6.20 Å². The smallest absolute Gasteiger partial charge is 0.244 e. The molecule has 0 aromatic carbocycles. The van der Waals surface area contributed by atoms with Crippen molar-refractivity contribution in [2.45, 2.75) is 6.42 Å². The van der Waals surface area contributed by atoms with Gasteiger partial charge in [0, 0.05) is 31.9 Å². The number of hydrogen-bond acceptors (Lipinski definition) is 5. The van der Waals surface area contributed by atoms with Crippen molar-refractivity contribution in [2.75, 3.05) is 24.5 Å². The molecular formula is C19H18ClF2N5O. The molecule has 1 unspecified atom stereocenters. The van der Waals surface area contributed by atoms with E-state index in [1.807, 2.05) is 4.90 Å². The summed E-state index contributed by atoms with van der Waals surface area (Å²) >= 11 is 5.76. The Hall–Kier alpha value is -2.61. The van der Waals surface area contributed by atoms with Gasteiger partial charge in [0.25, 0.3) is 0 Å². The number of hydrogen-bond donors (Lipinski definition) is 1. The van der Waals surface area contributed by atoms with Crippen molar-refractivity contribution < 1.29 is 13.6 Å². The molecule has 0 spiro atoms. The van der Waals surface area contributed by atoms with Crippen LogP contribution in [0.4, 0.5) is 14.6 Å². The minimum absolute atomic E-state index is 0.0423. The molecule has 1 amide bonds. The van der Waals surface area contributed by atoms with Crippen LogP contribution in [0.25, 0.3) is 6.08 Å². The third-order valence-corrected chi connectivity index (χ3v) is 5.50. The number of rotatable bonds is 6. The third-order valence-electron chi connectivity index (χ3n) is 5.32. The molecule has 2 aliphatic rings. The highest BCUT2D eigenvalue weighted by atomic mass is 35.5. The lowest BCUT2D eigenvalue weighted by molar-refractivity contribution is -0.116. The van der Waals surface area contributed by atoms with Gasteiger partial charge in [0.15, 0.2) is 11.6 Å². The van der Waals surface area contributed by atoms with Crippen LogP contribution in [0.1, 0.15) is 12.0 Å².